The van der Waals surface area contributed by atoms with Crippen molar-refractivity contribution in [2.24, 2.45) is 0 Å². The number of halogens is 1. The molecule has 0 unspecified atom stereocenters. The first kappa shape index (κ1) is 20.2. The lowest BCUT2D eigenvalue weighted by atomic mass is 10.1. The van der Waals surface area contributed by atoms with Gasteiger partial charge in [0.25, 0.3) is 0 Å². The lowest BCUT2D eigenvalue weighted by molar-refractivity contribution is -0.115. The summed E-state index contributed by atoms with van der Waals surface area (Å²) in [7, 11) is 0. The van der Waals surface area contributed by atoms with Gasteiger partial charge in [0.1, 0.15) is 11.6 Å². The molecule has 2 N–H and O–H groups in total. The van der Waals surface area contributed by atoms with Gasteiger partial charge in [0.05, 0.1) is 35.9 Å². The zero-order chi connectivity index (χ0) is 22.0. The largest absolute Gasteiger partial charge is 0.508 e. The van der Waals surface area contributed by atoms with Crippen molar-refractivity contribution in [3.8, 4) is 22.8 Å². The minimum Gasteiger partial charge on any atom is -0.508 e. The van der Waals surface area contributed by atoms with Crippen molar-refractivity contribution in [2.45, 2.75) is 20.3 Å². The Labute approximate surface area is 178 Å². The van der Waals surface area contributed by atoms with Crippen LogP contribution in [0.25, 0.3) is 17.1 Å². The van der Waals surface area contributed by atoms with E-state index in [0.29, 0.717) is 17.1 Å². The molecule has 156 valence electrons. The van der Waals surface area contributed by atoms with Gasteiger partial charge in [-0.2, -0.15) is 5.10 Å². The number of amides is 1. The van der Waals surface area contributed by atoms with E-state index in [1.54, 1.807) is 41.1 Å². The number of aromatic hydroxyl groups is 1. The van der Waals surface area contributed by atoms with Gasteiger partial charge >= 0.3 is 0 Å². The summed E-state index contributed by atoms with van der Waals surface area (Å²) in [4.78, 5) is 21.1. The second-order valence-corrected chi connectivity index (χ2v) is 7.11. The highest BCUT2D eigenvalue weighted by Crippen LogP contribution is 2.21. The molecule has 0 spiro atoms. The summed E-state index contributed by atoms with van der Waals surface area (Å²) in [5, 5.41) is 16.9. The number of nitrogens with zero attached hydrogens (tertiary/aromatic N) is 4. The van der Waals surface area contributed by atoms with E-state index in [1.165, 1.54) is 24.5 Å². The van der Waals surface area contributed by atoms with E-state index in [1.807, 2.05) is 13.8 Å². The second-order valence-electron chi connectivity index (χ2n) is 7.11. The van der Waals surface area contributed by atoms with Gasteiger partial charge in [0.2, 0.25) is 5.91 Å². The first-order valence-corrected chi connectivity index (χ1v) is 9.63. The molecule has 2 aromatic heterocycles. The second kappa shape index (κ2) is 8.35. The number of phenolic OH excluding ortho intramolecular Hbond substituents is 1. The maximum atomic E-state index is 13.2. The van der Waals surface area contributed by atoms with Crippen LogP contribution in [0.2, 0.25) is 0 Å². The molecule has 0 bridgehead atoms. The molecule has 4 aromatic rings. The van der Waals surface area contributed by atoms with Crippen LogP contribution in [-0.4, -0.2) is 30.8 Å². The number of anilines is 1. The van der Waals surface area contributed by atoms with Crippen molar-refractivity contribution in [1.82, 2.24) is 19.7 Å². The Hall–Kier alpha value is -4.07. The van der Waals surface area contributed by atoms with Gasteiger partial charge in [-0.25, -0.2) is 19.0 Å². The highest BCUT2D eigenvalue weighted by atomic mass is 19.1. The van der Waals surface area contributed by atoms with E-state index in [9.17, 15) is 14.3 Å². The number of aryl methyl sites for hydroxylation is 1. The topological polar surface area (TPSA) is 92.9 Å². The third-order valence-corrected chi connectivity index (χ3v) is 4.89. The number of carbonyl (C=O) groups is 1. The molecule has 2 aromatic carbocycles. The first-order chi connectivity index (χ1) is 14.9. The smallest absolute Gasteiger partial charge is 0.229 e. The molecule has 7 nitrogen and oxygen atoms in total. The van der Waals surface area contributed by atoms with Crippen LogP contribution in [0.4, 0.5) is 10.1 Å². The Kier molecular flexibility index (Phi) is 5.44. The van der Waals surface area contributed by atoms with E-state index in [2.05, 4.69) is 20.4 Å². The molecule has 0 aliphatic carbocycles. The van der Waals surface area contributed by atoms with E-state index in [-0.39, 0.29) is 23.9 Å². The number of aromatic nitrogens is 4. The Balaban J connectivity index is 1.47. The number of hydrogen-bond acceptors (Lipinski definition) is 5. The maximum Gasteiger partial charge on any atom is 0.229 e. The predicted molar refractivity (Wildman–Crippen MR) is 114 cm³/mol. The zero-order valence-electron chi connectivity index (χ0n) is 17.0. The van der Waals surface area contributed by atoms with E-state index < -0.39 is 0 Å². The molecule has 0 aliphatic rings. The molecule has 0 aliphatic heterocycles. The fourth-order valence-electron chi connectivity index (χ4n) is 3.32. The summed E-state index contributed by atoms with van der Waals surface area (Å²) in [6.07, 6.45) is 3.17. The summed E-state index contributed by atoms with van der Waals surface area (Å²) in [5.41, 5.74) is 4.22. The van der Waals surface area contributed by atoms with Crippen molar-refractivity contribution < 1.29 is 14.3 Å². The van der Waals surface area contributed by atoms with Gasteiger partial charge in [-0.05, 0) is 50.2 Å². The van der Waals surface area contributed by atoms with Crippen LogP contribution >= 0.6 is 0 Å². The fourth-order valence-corrected chi connectivity index (χ4v) is 3.32. The Morgan fingerprint density at radius 1 is 1.10 bits per heavy atom. The molecule has 31 heavy (non-hydrogen) atoms. The average Bonchev–Trinajstić information content (AvgIpc) is 3.03. The molecule has 0 fully saturated rings. The first-order valence-electron chi connectivity index (χ1n) is 9.63. The van der Waals surface area contributed by atoms with Crippen molar-refractivity contribution in [2.75, 3.05) is 5.32 Å². The summed E-state index contributed by atoms with van der Waals surface area (Å²) in [6, 6.07) is 12.7. The monoisotopic (exact) mass is 417 g/mol. The van der Waals surface area contributed by atoms with Crippen molar-refractivity contribution in [1.29, 1.82) is 0 Å². The highest BCUT2D eigenvalue weighted by molar-refractivity contribution is 5.92. The number of phenols is 1. The SMILES string of the molecule is Cc1nn(-c2ccc(F)cc2)c(C)c1CC(=O)Nc1cnc(-c2cccc(O)c2)nc1. The predicted octanol–water partition coefficient (Wildman–Crippen LogP) is 3.97. The van der Waals surface area contributed by atoms with E-state index in [4.69, 9.17) is 0 Å². The molecule has 0 saturated carbocycles. The van der Waals surface area contributed by atoms with Gasteiger partial charge in [0, 0.05) is 16.8 Å². The fraction of sp³-hybridized carbons (Fsp3) is 0.130. The molecule has 0 radical (unpaired) electrons. The normalized spacial score (nSPS) is 10.8. The van der Waals surface area contributed by atoms with Crippen LogP contribution in [0.5, 0.6) is 5.75 Å². The van der Waals surface area contributed by atoms with E-state index >= 15 is 0 Å². The number of carbonyl (C=O) groups excluding carboxylic acids is 1. The summed E-state index contributed by atoms with van der Waals surface area (Å²) >= 11 is 0. The number of nitrogens with one attached hydrogen (secondary N) is 1. The number of rotatable bonds is 5. The molecule has 4 rings (SSSR count). The summed E-state index contributed by atoms with van der Waals surface area (Å²) in [6.45, 7) is 3.71. The van der Waals surface area contributed by atoms with Crippen molar-refractivity contribution in [3.63, 3.8) is 0 Å². The molecular formula is C23H20FN5O2. The minimum atomic E-state index is -0.317. The van der Waals surface area contributed by atoms with Crippen LogP contribution < -0.4 is 5.32 Å². The Morgan fingerprint density at radius 3 is 2.48 bits per heavy atom. The quantitative estimate of drug-likeness (QED) is 0.513. The van der Waals surface area contributed by atoms with Crippen LogP contribution in [0.3, 0.4) is 0 Å². The molecule has 0 saturated heterocycles. The maximum absolute atomic E-state index is 13.2. The van der Waals surface area contributed by atoms with Crippen molar-refractivity contribution >= 4 is 11.6 Å². The van der Waals surface area contributed by atoms with Gasteiger partial charge in [-0.1, -0.05) is 12.1 Å². The van der Waals surface area contributed by atoms with Crippen LogP contribution in [0.1, 0.15) is 17.0 Å². The summed E-state index contributed by atoms with van der Waals surface area (Å²) in [5.74, 6) is 0.0345. The van der Waals surface area contributed by atoms with Gasteiger partial charge < -0.3 is 10.4 Å². The summed E-state index contributed by atoms with van der Waals surface area (Å²) < 4.78 is 14.9. The van der Waals surface area contributed by atoms with Crippen LogP contribution in [-0.2, 0) is 11.2 Å². The standard InChI is InChI=1S/C23H20FN5O2/c1-14-21(15(2)29(28-14)19-8-6-17(24)7-9-19)11-22(31)27-18-12-25-23(26-13-18)16-4-3-5-20(30)10-16/h3-10,12-13,30H,11H2,1-2H3,(H,27,31). The molecule has 0 atom stereocenters. The third kappa shape index (κ3) is 4.42. The molecule has 2 heterocycles. The Morgan fingerprint density at radius 2 is 1.81 bits per heavy atom. The van der Waals surface area contributed by atoms with Gasteiger partial charge in [0.15, 0.2) is 5.82 Å². The van der Waals surface area contributed by atoms with Crippen LogP contribution in [0, 0.1) is 19.7 Å². The minimum absolute atomic E-state index is 0.130. The third-order valence-electron chi connectivity index (χ3n) is 4.89. The molecule has 8 heteroatoms. The highest BCUT2D eigenvalue weighted by Gasteiger charge is 2.16. The number of hydrogen-bond donors (Lipinski definition) is 2. The van der Waals surface area contributed by atoms with Crippen molar-refractivity contribution in [3.05, 3.63) is 83.7 Å². The lowest BCUT2D eigenvalue weighted by Gasteiger charge is -2.07. The zero-order valence-corrected chi connectivity index (χ0v) is 17.0. The molecule has 1 amide bonds. The Bertz CT molecular complexity index is 1230. The molecular weight excluding hydrogens is 397 g/mol. The average molecular weight is 417 g/mol. The van der Waals surface area contributed by atoms with Gasteiger partial charge in [-0.3, -0.25) is 4.79 Å². The lowest BCUT2D eigenvalue weighted by Crippen LogP contribution is -2.15. The number of benzene rings is 2. The van der Waals surface area contributed by atoms with Gasteiger partial charge in [-0.15, -0.1) is 0 Å². The van der Waals surface area contributed by atoms with Crippen LogP contribution in [0.15, 0.2) is 60.9 Å². The van der Waals surface area contributed by atoms with E-state index in [0.717, 1.165) is 22.6 Å².